The Kier molecular flexibility index (Phi) is 5.10. The lowest BCUT2D eigenvalue weighted by atomic mass is 9.96. The number of carbonyl (C=O) groups is 1. The van der Waals surface area contributed by atoms with E-state index in [0.717, 1.165) is 17.4 Å². The number of imidazole rings is 1. The van der Waals surface area contributed by atoms with Crippen molar-refractivity contribution in [2.75, 3.05) is 6.54 Å². The largest absolute Gasteiger partial charge is 0.348 e. The number of carbonyl (C=O) groups excluding carboxylic acids is 1. The van der Waals surface area contributed by atoms with Crippen LogP contribution in [-0.2, 0) is 25.4 Å². The van der Waals surface area contributed by atoms with Gasteiger partial charge >= 0.3 is 5.69 Å². The fourth-order valence-electron chi connectivity index (χ4n) is 3.08. The molecule has 0 aromatic carbocycles. The number of halogens is 1. The van der Waals surface area contributed by atoms with Gasteiger partial charge < -0.3 is 15.6 Å². The van der Waals surface area contributed by atoms with Gasteiger partial charge in [-0.15, -0.1) is 12.4 Å². The molecule has 2 aromatic heterocycles. The summed E-state index contributed by atoms with van der Waals surface area (Å²) in [5, 5.41) is 2.89. The van der Waals surface area contributed by atoms with E-state index in [0.29, 0.717) is 18.1 Å². The number of aryl methyl sites for hydroxylation is 2. The van der Waals surface area contributed by atoms with E-state index in [1.807, 2.05) is 6.92 Å². The van der Waals surface area contributed by atoms with Crippen LogP contribution < -0.4 is 22.3 Å². The molecule has 1 aliphatic rings. The zero-order valence-corrected chi connectivity index (χ0v) is 15.3. The molecule has 3 rings (SSSR count). The zero-order chi connectivity index (χ0) is 17.6. The summed E-state index contributed by atoms with van der Waals surface area (Å²) in [6.45, 7) is 1.87. The number of rotatable bonds is 5. The topological polar surface area (TPSA) is 117 Å². The van der Waals surface area contributed by atoms with Crippen molar-refractivity contribution >= 4 is 29.5 Å². The predicted molar refractivity (Wildman–Crippen MR) is 95.8 cm³/mol. The van der Waals surface area contributed by atoms with Crippen LogP contribution in [0.25, 0.3) is 11.2 Å². The average molecular weight is 371 g/mol. The van der Waals surface area contributed by atoms with E-state index in [1.165, 1.54) is 17.9 Å². The maximum atomic E-state index is 12.6. The fraction of sp³-hybridized carbons (Fsp3) is 0.600. The maximum Gasteiger partial charge on any atom is 0.332 e. The van der Waals surface area contributed by atoms with E-state index in [4.69, 9.17) is 5.73 Å². The summed E-state index contributed by atoms with van der Waals surface area (Å²) < 4.78 is 3.75. The van der Waals surface area contributed by atoms with E-state index in [-0.39, 0.29) is 24.5 Å². The van der Waals surface area contributed by atoms with Crippen LogP contribution >= 0.6 is 12.4 Å². The fourth-order valence-corrected chi connectivity index (χ4v) is 3.08. The molecule has 0 radical (unpaired) electrons. The summed E-state index contributed by atoms with van der Waals surface area (Å²) in [6.07, 6.45) is 3.52. The second-order valence-corrected chi connectivity index (χ2v) is 6.70. The van der Waals surface area contributed by atoms with Crippen molar-refractivity contribution in [3.05, 3.63) is 27.2 Å². The first-order valence-electron chi connectivity index (χ1n) is 7.90. The molecule has 1 amide bonds. The van der Waals surface area contributed by atoms with Crippen molar-refractivity contribution in [3.63, 3.8) is 0 Å². The molecule has 1 aliphatic carbocycles. The van der Waals surface area contributed by atoms with Crippen LogP contribution in [0.4, 0.5) is 0 Å². The Balaban J connectivity index is 0.00000225. The normalized spacial score (nSPS) is 16.3. The lowest BCUT2D eigenvalue weighted by Gasteiger charge is -2.29. The van der Waals surface area contributed by atoms with Crippen LogP contribution in [0, 0.1) is 5.92 Å². The van der Waals surface area contributed by atoms with E-state index >= 15 is 0 Å². The summed E-state index contributed by atoms with van der Waals surface area (Å²) in [5.74, 6) is -0.0406. The standard InChI is InChI=1S/C15H22N6O3.ClH/c1-15(7-16,9-4-5-9)18-10(22)6-21-13(23)11-12(17-8-19(11)2)20(3)14(21)24;/h8-9H,4-7,16H2,1-3H3,(H,18,22);1H. The Morgan fingerprint density at radius 2 is 2.04 bits per heavy atom. The molecule has 9 nitrogen and oxygen atoms in total. The van der Waals surface area contributed by atoms with Crippen molar-refractivity contribution in [2.45, 2.75) is 31.8 Å². The van der Waals surface area contributed by atoms with Gasteiger partial charge in [0.1, 0.15) is 6.54 Å². The van der Waals surface area contributed by atoms with Crippen molar-refractivity contribution < 1.29 is 4.79 Å². The smallest absolute Gasteiger partial charge is 0.332 e. The molecule has 0 spiro atoms. The molecule has 1 saturated carbocycles. The highest BCUT2D eigenvalue weighted by atomic mass is 35.5. The van der Waals surface area contributed by atoms with Gasteiger partial charge in [-0.3, -0.25) is 14.2 Å². The highest BCUT2D eigenvalue weighted by Gasteiger charge is 2.41. The Morgan fingerprint density at radius 1 is 1.40 bits per heavy atom. The first-order valence-corrected chi connectivity index (χ1v) is 7.90. The molecule has 3 N–H and O–H groups in total. The molecular formula is C15H23ClN6O3. The van der Waals surface area contributed by atoms with Crippen LogP contribution in [0.15, 0.2) is 15.9 Å². The number of aromatic nitrogens is 4. The van der Waals surface area contributed by atoms with Gasteiger partial charge in [-0.1, -0.05) is 0 Å². The first kappa shape index (κ1) is 19.2. The molecule has 138 valence electrons. The maximum absolute atomic E-state index is 12.6. The summed E-state index contributed by atoms with van der Waals surface area (Å²) in [4.78, 5) is 41.4. The van der Waals surface area contributed by atoms with Crippen molar-refractivity contribution in [1.82, 2.24) is 24.0 Å². The van der Waals surface area contributed by atoms with Crippen molar-refractivity contribution in [3.8, 4) is 0 Å². The molecule has 0 saturated heterocycles. The Bertz CT molecular complexity index is 926. The zero-order valence-electron chi connectivity index (χ0n) is 14.5. The molecule has 1 atom stereocenters. The predicted octanol–water partition coefficient (Wildman–Crippen LogP) is -0.901. The minimum absolute atomic E-state index is 0. The highest BCUT2D eigenvalue weighted by Crippen LogP contribution is 2.38. The van der Waals surface area contributed by atoms with Gasteiger partial charge in [-0.05, 0) is 25.7 Å². The van der Waals surface area contributed by atoms with E-state index in [2.05, 4.69) is 10.3 Å². The summed E-state index contributed by atoms with van der Waals surface area (Å²) in [5.41, 5.74) is 4.79. The van der Waals surface area contributed by atoms with Crippen molar-refractivity contribution in [2.24, 2.45) is 25.7 Å². The summed E-state index contributed by atoms with van der Waals surface area (Å²) in [7, 11) is 3.20. The van der Waals surface area contributed by atoms with E-state index in [1.54, 1.807) is 11.6 Å². The molecule has 0 bridgehead atoms. The van der Waals surface area contributed by atoms with Crippen LogP contribution in [0.5, 0.6) is 0 Å². The molecular weight excluding hydrogens is 348 g/mol. The number of amides is 1. The lowest BCUT2D eigenvalue weighted by Crippen LogP contribution is -2.55. The molecule has 0 aliphatic heterocycles. The number of hydrogen-bond donors (Lipinski definition) is 2. The summed E-state index contributed by atoms with van der Waals surface area (Å²) in [6, 6.07) is 0. The van der Waals surface area contributed by atoms with E-state index in [9.17, 15) is 14.4 Å². The number of nitrogens with one attached hydrogen (secondary N) is 1. The third-order valence-electron chi connectivity index (χ3n) is 4.83. The quantitative estimate of drug-likeness (QED) is 0.707. The van der Waals surface area contributed by atoms with Gasteiger partial charge in [0.2, 0.25) is 5.91 Å². The van der Waals surface area contributed by atoms with Crippen LogP contribution in [-0.4, -0.2) is 36.7 Å². The first-order chi connectivity index (χ1) is 11.3. The molecule has 2 aromatic rings. The SMILES string of the molecule is Cl.Cn1cnc2c1c(=O)n(CC(=O)NC(C)(CN)C1CC1)c(=O)n2C. The van der Waals surface area contributed by atoms with Gasteiger partial charge in [0.05, 0.1) is 11.9 Å². The van der Waals surface area contributed by atoms with Gasteiger partial charge in [-0.25, -0.2) is 14.3 Å². The second kappa shape index (κ2) is 6.64. The van der Waals surface area contributed by atoms with Gasteiger partial charge in [-0.2, -0.15) is 0 Å². The van der Waals surface area contributed by atoms with E-state index < -0.39 is 22.7 Å². The van der Waals surface area contributed by atoms with Gasteiger partial charge in [0, 0.05) is 20.6 Å². The molecule has 25 heavy (non-hydrogen) atoms. The van der Waals surface area contributed by atoms with Crippen LogP contribution in [0.2, 0.25) is 0 Å². The number of nitrogens with zero attached hydrogens (tertiary/aromatic N) is 4. The average Bonchev–Trinajstić information content (AvgIpc) is 3.33. The van der Waals surface area contributed by atoms with Gasteiger partial charge in [0.25, 0.3) is 5.56 Å². The molecule has 10 heteroatoms. The minimum Gasteiger partial charge on any atom is -0.348 e. The Morgan fingerprint density at radius 3 is 2.60 bits per heavy atom. The molecule has 1 fully saturated rings. The minimum atomic E-state index is -0.567. The van der Waals surface area contributed by atoms with Crippen molar-refractivity contribution in [1.29, 1.82) is 0 Å². The third-order valence-corrected chi connectivity index (χ3v) is 4.83. The highest BCUT2D eigenvalue weighted by molar-refractivity contribution is 5.85. The Hall–Kier alpha value is -2.13. The van der Waals surface area contributed by atoms with Crippen LogP contribution in [0.3, 0.4) is 0 Å². The monoisotopic (exact) mass is 370 g/mol. The number of fused-ring (bicyclic) bond motifs is 1. The molecule has 1 unspecified atom stereocenters. The lowest BCUT2D eigenvalue weighted by molar-refractivity contribution is -0.123. The van der Waals surface area contributed by atoms with Crippen LogP contribution in [0.1, 0.15) is 19.8 Å². The Labute approximate surface area is 150 Å². The number of nitrogens with two attached hydrogens (primary N) is 1. The molecule has 2 heterocycles. The second-order valence-electron chi connectivity index (χ2n) is 6.70. The third kappa shape index (κ3) is 3.21. The van der Waals surface area contributed by atoms with Gasteiger partial charge in [0.15, 0.2) is 11.2 Å². The number of hydrogen-bond acceptors (Lipinski definition) is 5. The summed E-state index contributed by atoms with van der Waals surface area (Å²) >= 11 is 0.